The van der Waals surface area contributed by atoms with E-state index in [1.165, 1.54) is 0 Å². The molecular weight excluding hydrogens is 168 g/mol. The van der Waals surface area contributed by atoms with E-state index in [1.54, 1.807) is 0 Å². The van der Waals surface area contributed by atoms with Crippen molar-refractivity contribution in [3.05, 3.63) is 0 Å². The zero-order valence-electron chi connectivity index (χ0n) is 8.31. The molecule has 4 nitrogen and oxygen atoms in total. The summed E-state index contributed by atoms with van der Waals surface area (Å²) in [7, 11) is 0. The van der Waals surface area contributed by atoms with Crippen LogP contribution in [-0.2, 0) is 4.79 Å². The summed E-state index contributed by atoms with van der Waals surface area (Å²) in [5.74, 6) is 0.495. The third kappa shape index (κ3) is 5.74. The Morgan fingerprint density at radius 3 is 2.23 bits per heavy atom. The maximum Gasteiger partial charge on any atom is 0.139 e. The van der Waals surface area contributed by atoms with Crippen LogP contribution in [0.1, 0.15) is 26.7 Å². The molecule has 0 rings (SSSR count). The van der Waals surface area contributed by atoms with Crippen molar-refractivity contribution in [1.29, 1.82) is 0 Å². The van der Waals surface area contributed by atoms with Crippen molar-refractivity contribution in [2.75, 3.05) is 0 Å². The van der Waals surface area contributed by atoms with Gasteiger partial charge in [0.05, 0.1) is 12.1 Å². The van der Waals surface area contributed by atoms with Gasteiger partial charge in [0.25, 0.3) is 0 Å². The van der Waals surface area contributed by atoms with E-state index in [9.17, 15) is 9.90 Å². The minimum Gasteiger partial charge on any atom is -0.391 e. The van der Waals surface area contributed by atoms with Crippen LogP contribution in [0.3, 0.4) is 0 Å². The normalized spacial score (nSPS) is 18.3. The minimum atomic E-state index is -0.814. The van der Waals surface area contributed by atoms with Crippen LogP contribution >= 0.6 is 0 Å². The van der Waals surface area contributed by atoms with Gasteiger partial charge in [0.15, 0.2) is 0 Å². The molecule has 0 heterocycles. The second-order valence-electron chi connectivity index (χ2n) is 3.91. The number of hydrogen-bond donors (Lipinski definition) is 3. The van der Waals surface area contributed by atoms with Gasteiger partial charge in [-0.05, 0) is 18.8 Å². The van der Waals surface area contributed by atoms with Crippen molar-refractivity contribution >= 4 is 6.29 Å². The van der Waals surface area contributed by atoms with E-state index in [1.807, 2.05) is 0 Å². The molecule has 0 radical (unpaired) electrons. The van der Waals surface area contributed by atoms with Gasteiger partial charge >= 0.3 is 0 Å². The molecule has 0 amide bonds. The number of aldehydes is 1. The number of nitrogens with two attached hydrogens (primary N) is 2. The van der Waals surface area contributed by atoms with Crippen LogP contribution in [0.15, 0.2) is 0 Å². The second kappa shape index (κ2) is 6.07. The lowest BCUT2D eigenvalue weighted by atomic mass is 9.97. The smallest absolute Gasteiger partial charge is 0.139 e. The van der Waals surface area contributed by atoms with Crippen LogP contribution in [0, 0.1) is 5.92 Å². The first-order chi connectivity index (χ1) is 5.97. The highest BCUT2D eigenvalue weighted by molar-refractivity contribution is 5.58. The fraction of sp³-hybridized carbons (Fsp3) is 0.889. The standard InChI is InChI=1S/C9H20N2O2/c1-6(2)3-7(10)4-9(13)8(11)5-12/h5-9,13H,3-4,10-11H2,1-2H3. The molecule has 0 saturated carbocycles. The summed E-state index contributed by atoms with van der Waals surface area (Å²) >= 11 is 0. The first kappa shape index (κ1) is 12.6. The van der Waals surface area contributed by atoms with Crippen LogP contribution in [-0.4, -0.2) is 29.6 Å². The Morgan fingerprint density at radius 1 is 1.31 bits per heavy atom. The van der Waals surface area contributed by atoms with Crippen LogP contribution in [0.2, 0.25) is 0 Å². The summed E-state index contributed by atoms with van der Waals surface area (Å²) in [6, 6.07) is -0.890. The highest BCUT2D eigenvalue weighted by Crippen LogP contribution is 2.08. The van der Waals surface area contributed by atoms with E-state index in [0.717, 1.165) is 6.42 Å². The van der Waals surface area contributed by atoms with Crippen LogP contribution in [0.25, 0.3) is 0 Å². The Balaban J connectivity index is 3.76. The van der Waals surface area contributed by atoms with E-state index in [0.29, 0.717) is 18.6 Å². The molecule has 0 aromatic carbocycles. The number of hydrogen-bond acceptors (Lipinski definition) is 4. The lowest BCUT2D eigenvalue weighted by molar-refractivity contribution is -0.111. The molecule has 0 aliphatic carbocycles. The summed E-state index contributed by atoms with van der Waals surface area (Å²) in [6.45, 7) is 4.12. The molecule has 13 heavy (non-hydrogen) atoms. The molecule has 0 saturated heterocycles. The van der Waals surface area contributed by atoms with Gasteiger partial charge in [0.1, 0.15) is 6.29 Å². The molecular formula is C9H20N2O2. The highest BCUT2D eigenvalue weighted by atomic mass is 16.3. The fourth-order valence-corrected chi connectivity index (χ4v) is 1.26. The second-order valence-corrected chi connectivity index (χ2v) is 3.91. The van der Waals surface area contributed by atoms with E-state index in [2.05, 4.69) is 13.8 Å². The lowest BCUT2D eigenvalue weighted by Gasteiger charge is -2.19. The van der Waals surface area contributed by atoms with Crippen molar-refractivity contribution < 1.29 is 9.90 Å². The van der Waals surface area contributed by atoms with E-state index in [4.69, 9.17) is 11.5 Å². The van der Waals surface area contributed by atoms with Gasteiger partial charge in [-0.1, -0.05) is 13.8 Å². The Labute approximate surface area is 79.3 Å². The number of carbonyl (C=O) groups is 1. The molecule has 0 aromatic rings. The molecule has 0 fully saturated rings. The van der Waals surface area contributed by atoms with Gasteiger partial charge in [0, 0.05) is 6.04 Å². The summed E-state index contributed by atoms with van der Waals surface area (Å²) < 4.78 is 0. The molecule has 0 spiro atoms. The molecule has 3 atom stereocenters. The topological polar surface area (TPSA) is 89.3 Å². The molecule has 0 bridgehead atoms. The SMILES string of the molecule is CC(C)CC(N)CC(O)C(N)C=O. The van der Waals surface area contributed by atoms with Crippen molar-refractivity contribution in [3.63, 3.8) is 0 Å². The zero-order valence-corrected chi connectivity index (χ0v) is 8.31. The van der Waals surface area contributed by atoms with Crippen molar-refractivity contribution in [1.82, 2.24) is 0 Å². The van der Waals surface area contributed by atoms with Gasteiger partial charge in [-0.25, -0.2) is 0 Å². The van der Waals surface area contributed by atoms with Crippen LogP contribution in [0.4, 0.5) is 0 Å². The Morgan fingerprint density at radius 2 is 1.85 bits per heavy atom. The maximum atomic E-state index is 10.2. The van der Waals surface area contributed by atoms with Crippen molar-refractivity contribution in [3.8, 4) is 0 Å². The summed E-state index contributed by atoms with van der Waals surface area (Å²) in [4.78, 5) is 10.2. The quantitative estimate of drug-likeness (QED) is 0.496. The molecule has 0 aromatic heterocycles. The average Bonchev–Trinajstić information content (AvgIpc) is 2.01. The largest absolute Gasteiger partial charge is 0.391 e. The van der Waals surface area contributed by atoms with E-state index < -0.39 is 12.1 Å². The number of aliphatic hydroxyl groups is 1. The predicted octanol–water partition coefficient (Wildman–Crippen LogP) is -0.363. The van der Waals surface area contributed by atoms with E-state index >= 15 is 0 Å². The van der Waals surface area contributed by atoms with Gasteiger partial charge in [-0.2, -0.15) is 0 Å². The Kier molecular flexibility index (Phi) is 5.86. The predicted molar refractivity (Wildman–Crippen MR) is 52.1 cm³/mol. The lowest BCUT2D eigenvalue weighted by Crippen LogP contribution is -2.40. The maximum absolute atomic E-state index is 10.2. The number of carbonyl (C=O) groups excluding carboxylic acids is 1. The first-order valence-corrected chi connectivity index (χ1v) is 4.61. The number of rotatable bonds is 6. The Bertz CT molecular complexity index is 151. The summed E-state index contributed by atoms with van der Waals surface area (Å²) in [5, 5.41) is 9.36. The van der Waals surface area contributed by atoms with Crippen molar-refractivity contribution in [2.24, 2.45) is 17.4 Å². The number of aliphatic hydroxyl groups excluding tert-OH is 1. The van der Waals surface area contributed by atoms with Gasteiger partial charge in [0.2, 0.25) is 0 Å². The molecule has 4 heteroatoms. The monoisotopic (exact) mass is 188 g/mol. The zero-order chi connectivity index (χ0) is 10.4. The summed E-state index contributed by atoms with van der Waals surface area (Å²) in [5.41, 5.74) is 11.1. The average molecular weight is 188 g/mol. The first-order valence-electron chi connectivity index (χ1n) is 4.61. The van der Waals surface area contributed by atoms with Gasteiger partial charge in [-0.3, -0.25) is 0 Å². The molecule has 3 unspecified atom stereocenters. The Hall–Kier alpha value is -0.450. The third-order valence-corrected chi connectivity index (χ3v) is 1.92. The van der Waals surface area contributed by atoms with Gasteiger partial charge in [-0.15, -0.1) is 0 Å². The molecule has 78 valence electrons. The molecule has 0 aliphatic heterocycles. The van der Waals surface area contributed by atoms with Gasteiger partial charge < -0.3 is 21.4 Å². The fourth-order valence-electron chi connectivity index (χ4n) is 1.26. The minimum absolute atomic E-state index is 0.0824. The third-order valence-electron chi connectivity index (χ3n) is 1.92. The van der Waals surface area contributed by atoms with Crippen molar-refractivity contribution in [2.45, 2.75) is 44.9 Å². The van der Waals surface area contributed by atoms with Crippen LogP contribution < -0.4 is 11.5 Å². The van der Waals surface area contributed by atoms with Crippen LogP contribution in [0.5, 0.6) is 0 Å². The highest BCUT2D eigenvalue weighted by Gasteiger charge is 2.17. The summed E-state index contributed by atoms with van der Waals surface area (Å²) in [6.07, 6.45) is 0.958. The molecule has 0 aliphatic rings. The van der Waals surface area contributed by atoms with E-state index in [-0.39, 0.29) is 6.04 Å². The molecule has 5 N–H and O–H groups in total.